The van der Waals surface area contributed by atoms with Gasteiger partial charge in [0.2, 0.25) is 0 Å². The Balaban J connectivity index is 2.60. The summed E-state index contributed by atoms with van der Waals surface area (Å²) in [4.78, 5) is 3.99. The van der Waals surface area contributed by atoms with E-state index in [0.717, 1.165) is 5.56 Å². The maximum absolute atomic E-state index is 9.11. The molecule has 0 radical (unpaired) electrons. The minimum absolute atomic E-state index is 0.103. The van der Waals surface area contributed by atoms with E-state index in [4.69, 9.17) is 16.7 Å². The normalized spacial score (nSPS) is 15.1. The summed E-state index contributed by atoms with van der Waals surface area (Å²) in [6.07, 6.45) is 1.31. The smallest absolute Gasteiger partial charge is 0.133 e. The van der Waals surface area contributed by atoms with Gasteiger partial charge < -0.3 is 10.4 Å². The monoisotopic (exact) mass is 214 g/mol. The van der Waals surface area contributed by atoms with E-state index < -0.39 is 0 Å². The molecule has 0 aromatic carbocycles. The number of halogens is 1. The summed E-state index contributed by atoms with van der Waals surface area (Å²) in [6, 6.07) is 3.88. The summed E-state index contributed by atoms with van der Waals surface area (Å²) in [6.45, 7) is 4.28. The van der Waals surface area contributed by atoms with E-state index in [0.29, 0.717) is 11.7 Å². The molecule has 1 rings (SSSR count). The van der Waals surface area contributed by atoms with Gasteiger partial charge in [0.05, 0.1) is 6.10 Å². The number of pyridine rings is 1. The Morgan fingerprint density at radius 2 is 2.29 bits per heavy atom. The van der Waals surface area contributed by atoms with Gasteiger partial charge in [-0.25, -0.2) is 4.98 Å². The second kappa shape index (κ2) is 5.29. The molecule has 1 heterocycles. The highest BCUT2D eigenvalue weighted by molar-refractivity contribution is 6.30. The number of aromatic nitrogens is 1. The van der Waals surface area contributed by atoms with Crippen LogP contribution >= 0.6 is 11.6 Å². The largest absolute Gasteiger partial charge is 0.392 e. The topological polar surface area (TPSA) is 45.1 Å². The van der Waals surface area contributed by atoms with Gasteiger partial charge in [-0.3, -0.25) is 0 Å². The Morgan fingerprint density at radius 1 is 1.57 bits per heavy atom. The molecule has 1 aromatic rings. The third-order valence-electron chi connectivity index (χ3n) is 1.97. The zero-order valence-corrected chi connectivity index (χ0v) is 9.12. The molecule has 0 saturated carbocycles. The summed E-state index contributed by atoms with van der Waals surface area (Å²) >= 11 is 5.92. The van der Waals surface area contributed by atoms with Crippen molar-refractivity contribution in [2.45, 2.75) is 26.0 Å². The summed E-state index contributed by atoms with van der Waals surface area (Å²) < 4.78 is 0. The molecule has 1 aromatic heterocycles. The predicted octanol–water partition coefficient (Wildman–Crippen LogP) is 1.77. The van der Waals surface area contributed by atoms with Crippen molar-refractivity contribution in [2.75, 3.05) is 6.54 Å². The summed E-state index contributed by atoms with van der Waals surface area (Å²) in [5.41, 5.74) is 0.954. The minimum Gasteiger partial charge on any atom is -0.392 e. The first-order valence-corrected chi connectivity index (χ1v) is 5.01. The molecule has 0 saturated heterocycles. The quantitative estimate of drug-likeness (QED) is 0.751. The lowest BCUT2D eigenvalue weighted by molar-refractivity contribution is 0.187. The van der Waals surface area contributed by atoms with Crippen LogP contribution in [0.2, 0.25) is 5.15 Å². The van der Waals surface area contributed by atoms with Crippen molar-refractivity contribution >= 4 is 11.6 Å². The van der Waals surface area contributed by atoms with E-state index in [1.807, 2.05) is 19.1 Å². The van der Waals surface area contributed by atoms with Crippen molar-refractivity contribution in [3.63, 3.8) is 0 Å². The average Bonchev–Trinajstić information content (AvgIpc) is 2.15. The molecular weight excluding hydrogens is 200 g/mol. The molecule has 2 atom stereocenters. The van der Waals surface area contributed by atoms with E-state index in [-0.39, 0.29) is 12.1 Å². The van der Waals surface area contributed by atoms with Gasteiger partial charge in [0.1, 0.15) is 5.15 Å². The molecule has 0 fully saturated rings. The Labute approximate surface area is 89.1 Å². The van der Waals surface area contributed by atoms with Crippen LogP contribution in [0, 0.1) is 0 Å². The third-order valence-corrected chi connectivity index (χ3v) is 2.29. The predicted molar refractivity (Wildman–Crippen MR) is 57.3 cm³/mol. The fourth-order valence-electron chi connectivity index (χ4n) is 1.18. The van der Waals surface area contributed by atoms with Gasteiger partial charge in [0.25, 0.3) is 0 Å². The van der Waals surface area contributed by atoms with Crippen LogP contribution in [-0.4, -0.2) is 22.7 Å². The molecule has 3 nitrogen and oxygen atoms in total. The van der Waals surface area contributed by atoms with Crippen LogP contribution < -0.4 is 5.32 Å². The van der Waals surface area contributed by atoms with E-state index in [1.54, 1.807) is 13.1 Å². The number of hydrogen-bond donors (Lipinski definition) is 2. The lowest BCUT2D eigenvalue weighted by Gasteiger charge is -2.15. The molecule has 0 aliphatic carbocycles. The van der Waals surface area contributed by atoms with Crippen LogP contribution in [0.3, 0.4) is 0 Å². The van der Waals surface area contributed by atoms with Crippen molar-refractivity contribution in [2.24, 2.45) is 0 Å². The van der Waals surface area contributed by atoms with E-state index in [2.05, 4.69) is 10.3 Å². The van der Waals surface area contributed by atoms with Gasteiger partial charge in [0, 0.05) is 24.3 Å². The number of rotatable bonds is 4. The van der Waals surface area contributed by atoms with Crippen molar-refractivity contribution in [3.05, 3.63) is 29.0 Å². The molecule has 1 unspecified atom stereocenters. The van der Waals surface area contributed by atoms with E-state index >= 15 is 0 Å². The summed E-state index contributed by atoms with van der Waals surface area (Å²) in [5.74, 6) is 0. The lowest BCUT2D eigenvalue weighted by atomic mass is 10.1. The van der Waals surface area contributed by atoms with Gasteiger partial charge in [-0.1, -0.05) is 17.7 Å². The maximum Gasteiger partial charge on any atom is 0.133 e. The SMILES string of the molecule is CC(NC[C@H](C)O)c1cccnc1Cl. The summed E-state index contributed by atoms with van der Waals surface area (Å²) in [7, 11) is 0. The lowest BCUT2D eigenvalue weighted by Crippen LogP contribution is -2.27. The van der Waals surface area contributed by atoms with Gasteiger partial charge in [0.15, 0.2) is 0 Å². The second-order valence-electron chi connectivity index (χ2n) is 3.36. The van der Waals surface area contributed by atoms with Crippen molar-refractivity contribution in [3.8, 4) is 0 Å². The van der Waals surface area contributed by atoms with Crippen LogP contribution in [0.15, 0.2) is 18.3 Å². The molecule has 14 heavy (non-hydrogen) atoms. The number of hydrogen-bond acceptors (Lipinski definition) is 3. The molecule has 0 aliphatic heterocycles. The molecule has 0 bridgehead atoms. The van der Waals surface area contributed by atoms with Crippen LogP contribution in [-0.2, 0) is 0 Å². The van der Waals surface area contributed by atoms with E-state index in [1.165, 1.54) is 0 Å². The molecule has 2 N–H and O–H groups in total. The standard InChI is InChI=1S/C10H15ClN2O/c1-7(14)6-13-8(2)9-4-3-5-12-10(9)11/h3-5,7-8,13-14H,6H2,1-2H3/t7-,8?/m0/s1. The third kappa shape index (κ3) is 3.25. The Bertz CT molecular complexity index is 291. The van der Waals surface area contributed by atoms with Crippen LogP contribution in [0.25, 0.3) is 0 Å². The number of nitrogens with zero attached hydrogens (tertiary/aromatic N) is 1. The zero-order chi connectivity index (χ0) is 10.6. The summed E-state index contributed by atoms with van der Waals surface area (Å²) in [5, 5.41) is 12.8. The van der Waals surface area contributed by atoms with Crippen molar-refractivity contribution in [1.29, 1.82) is 0 Å². The number of aliphatic hydroxyl groups excluding tert-OH is 1. The first-order chi connectivity index (χ1) is 6.61. The number of nitrogens with one attached hydrogen (secondary N) is 1. The van der Waals surface area contributed by atoms with Gasteiger partial charge in [-0.05, 0) is 19.9 Å². The first kappa shape index (κ1) is 11.4. The van der Waals surface area contributed by atoms with Gasteiger partial charge >= 0.3 is 0 Å². The van der Waals surface area contributed by atoms with E-state index in [9.17, 15) is 0 Å². The molecular formula is C10H15ClN2O. The molecule has 4 heteroatoms. The molecule has 0 spiro atoms. The highest BCUT2D eigenvalue weighted by Crippen LogP contribution is 2.19. The molecule has 0 amide bonds. The second-order valence-corrected chi connectivity index (χ2v) is 3.72. The number of aliphatic hydroxyl groups is 1. The van der Waals surface area contributed by atoms with Crippen LogP contribution in [0.4, 0.5) is 0 Å². The van der Waals surface area contributed by atoms with Crippen molar-refractivity contribution in [1.82, 2.24) is 10.3 Å². The fraction of sp³-hybridized carbons (Fsp3) is 0.500. The maximum atomic E-state index is 9.11. The highest BCUT2D eigenvalue weighted by atomic mass is 35.5. The van der Waals surface area contributed by atoms with Gasteiger partial charge in [-0.15, -0.1) is 0 Å². The molecule has 0 aliphatic rings. The highest BCUT2D eigenvalue weighted by Gasteiger charge is 2.09. The van der Waals surface area contributed by atoms with Crippen LogP contribution in [0.5, 0.6) is 0 Å². The zero-order valence-electron chi connectivity index (χ0n) is 8.37. The van der Waals surface area contributed by atoms with Crippen molar-refractivity contribution < 1.29 is 5.11 Å². The Morgan fingerprint density at radius 3 is 2.86 bits per heavy atom. The minimum atomic E-state index is -0.354. The fourth-order valence-corrected chi connectivity index (χ4v) is 1.46. The molecule has 78 valence electrons. The van der Waals surface area contributed by atoms with Crippen LogP contribution in [0.1, 0.15) is 25.5 Å². The first-order valence-electron chi connectivity index (χ1n) is 4.63. The Hall–Kier alpha value is -0.640. The Kier molecular flexibility index (Phi) is 4.32. The average molecular weight is 215 g/mol. The van der Waals surface area contributed by atoms with Gasteiger partial charge in [-0.2, -0.15) is 0 Å².